The van der Waals surface area contributed by atoms with E-state index in [1.807, 2.05) is 37.3 Å². The third kappa shape index (κ3) is 2.70. The molecule has 0 saturated heterocycles. The van der Waals surface area contributed by atoms with E-state index >= 15 is 0 Å². The molecule has 106 valence electrons. The van der Waals surface area contributed by atoms with Crippen LogP contribution in [-0.4, -0.2) is 0 Å². The standard InChI is InChI=1S/C16H16F3N/c1-2-11(10-6-4-3-5-7-10)16(20)12-8-9-13(17)15(19)14(12)18/h3-9,11,16H,2,20H2,1H3. The van der Waals surface area contributed by atoms with Gasteiger partial charge in [-0.05, 0) is 18.1 Å². The molecule has 0 heterocycles. The lowest BCUT2D eigenvalue weighted by Gasteiger charge is -2.24. The summed E-state index contributed by atoms with van der Waals surface area (Å²) < 4.78 is 40.1. The molecule has 2 rings (SSSR count). The average molecular weight is 279 g/mol. The summed E-state index contributed by atoms with van der Waals surface area (Å²) in [5, 5.41) is 0. The Balaban J connectivity index is 2.39. The fraction of sp³-hybridized carbons (Fsp3) is 0.250. The Morgan fingerprint density at radius 3 is 2.20 bits per heavy atom. The highest BCUT2D eigenvalue weighted by atomic mass is 19.2. The van der Waals surface area contributed by atoms with Crippen LogP contribution >= 0.6 is 0 Å². The van der Waals surface area contributed by atoms with Gasteiger partial charge in [0, 0.05) is 17.5 Å². The van der Waals surface area contributed by atoms with Crippen LogP contribution in [0.15, 0.2) is 42.5 Å². The Bertz CT molecular complexity index is 584. The van der Waals surface area contributed by atoms with E-state index in [0.717, 1.165) is 11.6 Å². The van der Waals surface area contributed by atoms with E-state index < -0.39 is 23.5 Å². The highest BCUT2D eigenvalue weighted by Gasteiger charge is 2.25. The molecule has 2 aromatic rings. The second kappa shape index (κ2) is 6.09. The normalized spacial score (nSPS) is 14.1. The van der Waals surface area contributed by atoms with Crippen molar-refractivity contribution in [3.05, 3.63) is 71.0 Å². The third-order valence-electron chi connectivity index (χ3n) is 3.53. The molecule has 0 amide bonds. The van der Waals surface area contributed by atoms with Crippen LogP contribution in [0.1, 0.15) is 36.4 Å². The quantitative estimate of drug-likeness (QED) is 0.830. The monoisotopic (exact) mass is 279 g/mol. The SMILES string of the molecule is CCC(c1ccccc1)C(N)c1ccc(F)c(F)c1F. The first-order chi connectivity index (χ1) is 9.56. The highest BCUT2D eigenvalue weighted by Crippen LogP contribution is 2.33. The molecule has 2 aromatic carbocycles. The molecular formula is C16H16F3N. The van der Waals surface area contributed by atoms with Crippen molar-refractivity contribution in [1.82, 2.24) is 0 Å². The van der Waals surface area contributed by atoms with Crippen LogP contribution < -0.4 is 5.73 Å². The number of hydrogen-bond donors (Lipinski definition) is 1. The van der Waals surface area contributed by atoms with Crippen molar-refractivity contribution in [2.45, 2.75) is 25.3 Å². The number of nitrogens with two attached hydrogens (primary N) is 1. The van der Waals surface area contributed by atoms with E-state index in [2.05, 4.69) is 0 Å². The summed E-state index contributed by atoms with van der Waals surface area (Å²) in [7, 11) is 0. The summed E-state index contributed by atoms with van der Waals surface area (Å²) in [6, 6.07) is 10.8. The number of benzene rings is 2. The first-order valence-corrected chi connectivity index (χ1v) is 6.50. The van der Waals surface area contributed by atoms with Crippen LogP contribution in [0.5, 0.6) is 0 Å². The Hall–Kier alpha value is -1.81. The van der Waals surface area contributed by atoms with E-state index in [9.17, 15) is 13.2 Å². The molecule has 0 saturated carbocycles. The minimum Gasteiger partial charge on any atom is -0.323 e. The van der Waals surface area contributed by atoms with Gasteiger partial charge >= 0.3 is 0 Å². The topological polar surface area (TPSA) is 26.0 Å². The van der Waals surface area contributed by atoms with Gasteiger partial charge in [-0.3, -0.25) is 0 Å². The third-order valence-corrected chi connectivity index (χ3v) is 3.53. The fourth-order valence-electron chi connectivity index (χ4n) is 2.41. The zero-order valence-electron chi connectivity index (χ0n) is 11.1. The number of hydrogen-bond acceptors (Lipinski definition) is 1. The molecule has 0 aliphatic rings. The molecule has 20 heavy (non-hydrogen) atoms. The average Bonchev–Trinajstić information content (AvgIpc) is 2.47. The highest BCUT2D eigenvalue weighted by molar-refractivity contribution is 5.29. The maximum Gasteiger partial charge on any atom is 0.194 e. The second-order valence-electron chi connectivity index (χ2n) is 4.72. The zero-order chi connectivity index (χ0) is 14.7. The van der Waals surface area contributed by atoms with Crippen molar-refractivity contribution in [1.29, 1.82) is 0 Å². The largest absolute Gasteiger partial charge is 0.323 e. The van der Waals surface area contributed by atoms with E-state index in [-0.39, 0.29) is 11.5 Å². The smallest absolute Gasteiger partial charge is 0.194 e. The van der Waals surface area contributed by atoms with Crippen LogP contribution in [-0.2, 0) is 0 Å². The first kappa shape index (κ1) is 14.6. The van der Waals surface area contributed by atoms with Gasteiger partial charge < -0.3 is 5.73 Å². The van der Waals surface area contributed by atoms with Gasteiger partial charge in [0.25, 0.3) is 0 Å². The molecule has 2 N–H and O–H groups in total. The minimum atomic E-state index is -1.47. The summed E-state index contributed by atoms with van der Waals surface area (Å²) in [5.41, 5.74) is 7.02. The Kier molecular flexibility index (Phi) is 4.45. The van der Waals surface area contributed by atoms with Gasteiger partial charge in [0.1, 0.15) is 0 Å². The maximum absolute atomic E-state index is 13.8. The van der Waals surface area contributed by atoms with Gasteiger partial charge in [0.05, 0.1) is 0 Å². The van der Waals surface area contributed by atoms with Crippen molar-refractivity contribution in [3.63, 3.8) is 0 Å². The van der Waals surface area contributed by atoms with Crippen molar-refractivity contribution < 1.29 is 13.2 Å². The summed E-state index contributed by atoms with van der Waals surface area (Å²) in [6.45, 7) is 1.93. The predicted octanol–water partition coefficient (Wildman–Crippen LogP) is 4.30. The molecule has 0 aliphatic heterocycles. The van der Waals surface area contributed by atoms with Crippen molar-refractivity contribution in [3.8, 4) is 0 Å². The summed E-state index contributed by atoms with van der Waals surface area (Å²) in [6.07, 6.45) is 0.670. The molecular weight excluding hydrogens is 263 g/mol. The molecule has 2 atom stereocenters. The molecule has 1 nitrogen and oxygen atoms in total. The van der Waals surface area contributed by atoms with E-state index in [1.165, 1.54) is 6.07 Å². The Morgan fingerprint density at radius 1 is 0.950 bits per heavy atom. The molecule has 2 unspecified atom stereocenters. The van der Waals surface area contributed by atoms with Gasteiger partial charge in [0.15, 0.2) is 17.5 Å². The molecule has 0 fully saturated rings. The summed E-state index contributed by atoms with van der Waals surface area (Å²) >= 11 is 0. The van der Waals surface area contributed by atoms with E-state index in [0.29, 0.717) is 6.42 Å². The van der Waals surface area contributed by atoms with E-state index in [1.54, 1.807) is 0 Å². The van der Waals surface area contributed by atoms with Crippen LogP contribution in [0, 0.1) is 17.5 Å². The van der Waals surface area contributed by atoms with Crippen molar-refractivity contribution in [2.75, 3.05) is 0 Å². The predicted molar refractivity (Wildman–Crippen MR) is 72.7 cm³/mol. The van der Waals surface area contributed by atoms with Crippen molar-refractivity contribution in [2.24, 2.45) is 5.73 Å². The van der Waals surface area contributed by atoms with Crippen molar-refractivity contribution >= 4 is 0 Å². The number of halogens is 3. The second-order valence-corrected chi connectivity index (χ2v) is 4.72. The molecule has 0 aromatic heterocycles. The molecule has 4 heteroatoms. The molecule has 0 spiro atoms. The lowest BCUT2D eigenvalue weighted by molar-refractivity contribution is 0.425. The molecule has 0 radical (unpaired) electrons. The minimum absolute atomic E-state index is 0.000368. The lowest BCUT2D eigenvalue weighted by Crippen LogP contribution is -2.21. The Morgan fingerprint density at radius 2 is 1.60 bits per heavy atom. The zero-order valence-corrected chi connectivity index (χ0v) is 11.1. The van der Waals surface area contributed by atoms with Gasteiger partial charge in [-0.25, -0.2) is 13.2 Å². The first-order valence-electron chi connectivity index (χ1n) is 6.50. The summed E-state index contributed by atoms with van der Waals surface area (Å²) in [5.74, 6) is -4.03. The van der Waals surface area contributed by atoms with Crippen LogP contribution in [0.25, 0.3) is 0 Å². The van der Waals surface area contributed by atoms with Gasteiger partial charge in [-0.15, -0.1) is 0 Å². The van der Waals surface area contributed by atoms with Gasteiger partial charge in [0.2, 0.25) is 0 Å². The van der Waals surface area contributed by atoms with Crippen LogP contribution in [0.3, 0.4) is 0 Å². The lowest BCUT2D eigenvalue weighted by atomic mass is 9.85. The van der Waals surface area contributed by atoms with Gasteiger partial charge in [-0.1, -0.05) is 43.3 Å². The van der Waals surface area contributed by atoms with Gasteiger partial charge in [-0.2, -0.15) is 0 Å². The fourth-order valence-corrected chi connectivity index (χ4v) is 2.41. The van der Waals surface area contributed by atoms with Crippen LogP contribution in [0.4, 0.5) is 13.2 Å². The Labute approximate surface area is 116 Å². The van der Waals surface area contributed by atoms with E-state index in [4.69, 9.17) is 5.73 Å². The maximum atomic E-state index is 13.8. The molecule has 0 aliphatic carbocycles. The van der Waals surface area contributed by atoms with Crippen LogP contribution in [0.2, 0.25) is 0 Å². The molecule has 0 bridgehead atoms. The summed E-state index contributed by atoms with van der Waals surface area (Å²) in [4.78, 5) is 0. The number of rotatable bonds is 4.